The average molecular weight is 524 g/mol. The van der Waals surface area contributed by atoms with Gasteiger partial charge in [0.05, 0.1) is 35.0 Å². The molecule has 1 N–H and O–H groups in total. The molecule has 0 atom stereocenters. The number of nitrogens with zero attached hydrogens (tertiary/aromatic N) is 2. The second-order valence-electron chi connectivity index (χ2n) is 10.2. The van der Waals surface area contributed by atoms with Crippen molar-refractivity contribution in [3.8, 4) is 11.6 Å². The molecule has 8 heteroatoms. The van der Waals surface area contributed by atoms with Gasteiger partial charge in [-0.25, -0.2) is 9.97 Å². The number of hydrogen-bond donors (Lipinski definition) is 1. The quantitative estimate of drug-likeness (QED) is 0.358. The van der Waals surface area contributed by atoms with Crippen LogP contribution in [0.1, 0.15) is 89.6 Å². The molecular weight excluding hydrogens is 486 g/mol. The zero-order chi connectivity index (χ0) is 26.6. The number of ketones is 1. The predicted molar refractivity (Wildman–Crippen MR) is 147 cm³/mol. The van der Waals surface area contributed by atoms with E-state index < -0.39 is 0 Å². The van der Waals surface area contributed by atoms with E-state index in [-0.39, 0.29) is 17.2 Å². The lowest BCUT2D eigenvalue weighted by Crippen LogP contribution is -2.53. The molecule has 3 aromatic rings. The van der Waals surface area contributed by atoms with Gasteiger partial charge in [0.2, 0.25) is 5.88 Å². The molecule has 2 aromatic heterocycles. The van der Waals surface area contributed by atoms with Gasteiger partial charge in [0.15, 0.2) is 5.78 Å². The second kappa shape index (κ2) is 11.6. The molecule has 37 heavy (non-hydrogen) atoms. The number of thiazole rings is 1. The van der Waals surface area contributed by atoms with E-state index in [2.05, 4.69) is 15.3 Å². The Bertz CT molecular complexity index is 1260. The largest absolute Gasteiger partial charge is 0.496 e. The summed E-state index contributed by atoms with van der Waals surface area (Å²) in [5.74, 6) is 2.20. The zero-order valence-electron chi connectivity index (χ0n) is 22.5. The SMILES string of the molecule is CCCC(=O)c1c(OC)ccc2nc(C)sc12.COc1cc(C(=O)NC23CCC(CC2)CC3)c(C)cn1. The topological polar surface area (TPSA) is 90.4 Å². The van der Waals surface area contributed by atoms with Crippen molar-refractivity contribution < 1.29 is 19.1 Å². The third-order valence-electron chi connectivity index (χ3n) is 7.61. The third-order valence-corrected chi connectivity index (χ3v) is 8.61. The highest BCUT2D eigenvalue weighted by Gasteiger charge is 2.41. The van der Waals surface area contributed by atoms with Crippen molar-refractivity contribution in [3.63, 3.8) is 0 Å². The van der Waals surface area contributed by atoms with Crippen LogP contribution in [0.5, 0.6) is 11.6 Å². The van der Waals surface area contributed by atoms with E-state index in [0.29, 0.717) is 29.2 Å². The van der Waals surface area contributed by atoms with Gasteiger partial charge in [0.25, 0.3) is 5.91 Å². The van der Waals surface area contributed by atoms with Crippen LogP contribution in [0, 0.1) is 19.8 Å². The second-order valence-corrected chi connectivity index (χ2v) is 11.4. The smallest absolute Gasteiger partial charge is 0.252 e. The van der Waals surface area contributed by atoms with Crippen LogP contribution < -0.4 is 14.8 Å². The van der Waals surface area contributed by atoms with E-state index in [1.807, 2.05) is 32.9 Å². The van der Waals surface area contributed by atoms with Crippen molar-refractivity contribution in [1.29, 1.82) is 0 Å². The van der Waals surface area contributed by atoms with E-state index in [1.54, 1.807) is 37.8 Å². The number of aryl methyl sites for hydroxylation is 2. The summed E-state index contributed by atoms with van der Waals surface area (Å²) < 4.78 is 11.4. The highest BCUT2D eigenvalue weighted by Crippen LogP contribution is 2.44. The number of Topliss-reactive ketones (excluding diaryl/α,β-unsaturated/α-hetero) is 1. The fourth-order valence-electron chi connectivity index (χ4n) is 5.48. The Hall–Kier alpha value is -3.00. The molecule has 0 unspecified atom stereocenters. The minimum absolute atomic E-state index is 0.0172. The molecule has 3 aliphatic carbocycles. The first-order chi connectivity index (χ1) is 17.8. The number of hydrogen-bond acceptors (Lipinski definition) is 7. The van der Waals surface area contributed by atoms with Crippen LogP contribution in [0.3, 0.4) is 0 Å². The van der Waals surface area contributed by atoms with Crippen LogP contribution >= 0.6 is 11.3 Å². The molecule has 1 amide bonds. The summed E-state index contributed by atoms with van der Waals surface area (Å²) in [4.78, 5) is 33.3. The summed E-state index contributed by atoms with van der Waals surface area (Å²) >= 11 is 1.55. The monoisotopic (exact) mass is 523 g/mol. The molecule has 2 bridgehead atoms. The van der Waals surface area contributed by atoms with Crippen LogP contribution in [0.25, 0.3) is 10.2 Å². The molecule has 3 fully saturated rings. The lowest BCUT2D eigenvalue weighted by Gasteiger charge is -2.47. The Balaban J connectivity index is 0.000000176. The van der Waals surface area contributed by atoms with Crippen molar-refractivity contribution >= 4 is 33.2 Å². The molecule has 7 nitrogen and oxygen atoms in total. The summed E-state index contributed by atoms with van der Waals surface area (Å²) in [6.07, 6.45) is 10.3. The summed E-state index contributed by atoms with van der Waals surface area (Å²) in [6, 6.07) is 5.46. The number of benzene rings is 1. The van der Waals surface area contributed by atoms with E-state index >= 15 is 0 Å². The maximum absolute atomic E-state index is 12.6. The molecule has 0 spiro atoms. The number of methoxy groups -OCH3 is 2. The average Bonchev–Trinajstić information content (AvgIpc) is 3.29. The molecule has 0 radical (unpaired) electrons. The molecule has 0 aliphatic heterocycles. The molecule has 3 saturated carbocycles. The molecule has 0 saturated heterocycles. The molecule has 6 rings (SSSR count). The predicted octanol–water partition coefficient (Wildman–Crippen LogP) is 6.45. The Kier molecular flexibility index (Phi) is 8.47. The van der Waals surface area contributed by atoms with Gasteiger partial charge in [-0.15, -0.1) is 11.3 Å². The molecule has 198 valence electrons. The number of carbonyl (C=O) groups excluding carboxylic acids is 2. The van der Waals surface area contributed by atoms with E-state index in [4.69, 9.17) is 9.47 Å². The maximum Gasteiger partial charge on any atom is 0.252 e. The molecule has 3 aliphatic rings. The van der Waals surface area contributed by atoms with Crippen molar-refractivity contribution in [1.82, 2.24) is 15.3 Å². The van der Waals surface area contributed by atoms with Crippen molar-refractivity contribution in [2.75, 3.05) is 14.2 Å². The number of aromatic nitrogens is 2. The lowest BCUT2D eigenvalue weighted by atomic mass is 9.66. The van der Waals surface area contributed by atoms with Gasteiger partial charge < -0.3 is 14.8 Å². The Morgan fingerprint density at radius 2 is 1.81 bits per heavy atom. The minimum Gasteiger partial charge on any atom is -0.496 e. The number of amides is 1. The maximum atomic E-state index is 12.6. The number of nitrogens with one attached hydrogen (secondary N) is 1. The summed E-state index contributed by atoms with van der Waals surface area (Å²) in [5, 5.41) is 4.28. The first-order valence-electron chi connectivity index (χ1n) is 13.1. The Morgan fingerprint density at radius 1 is 1.11 bits per heavy atom. The van der Waals surface area contributed by atoms with Crippen molar-refractivity contribution in [3.05, 3.63) is 46.1 Å². The van der Waals surface area contributed by atoms with Crippen LogP contribution in [0.15, 0.2) is 24.4 Å². The van der Waals surface area contributed by atoms with Crippen LogP contribution in [-0.2, 0) is 0 Å². The normalized spacial score (nSPS) is 20.2. The minimum atomic E-state index is 0.0172. The molecule has 2 heterocycles. The Labute approximate surface area is 223 Å². The fourth-order valence-corrected chi connectivity index (χ4v) is 6.45. The van der Waals surface area contributed by atoms with Crippen molar-refractivity contribution in [2.45, 2.75) is 77.7 Å². The summed E-state index contributed by atoms with van der Waals surface area (Å²) in [7, 11) is 3.16. The standard InChI is InChI=1S/C16H22N2O2.C13H15NO2S/c1-11-10-17-14(20-2)9-13(11)15(19)18-16-6-3-12(4-7-16)5-8-16;1-4-5-10(15)12-11(16-3)7-6-9-13(12)17-8(2)14-9/h9-10,12H,3-8H2,1-2H3,(H,18,19);6-7H,4-5H2,1-3H3. The number of pyridine rings is 1. The van der Waals surface area contributed by atoms with E-state index in [9.17, 15) is 9.59 Å². The van der Waals surface area contributed by atoms with Gasteiger partial charge in [-0.05, 0) is 82.4 Å². The van der Waals surface area contributed by atoms with Gasteiger partial charge in [-0.2, -0.15) is 0 Å². The van der Waals surface area contributed by atoms with Crippen LogP contribution in [0.2, 0.25) is 0 Å². The van der Waals surface area contributed by atoms with Gasteiger partial charge in [0, 0.05) is 29.8 Å². The first-order valence-corrected chi connectivity index (χ1v) is 13.9. The fraction of sp³-hybridized carbons (Fsp3) is 0.517. The molecular formula is C29H37N3O4S. The molecule has 1 aromatic carbocycles. The van der Waals surface area contributed by atoms with E-state index in [0.717, 1.165) is 52.4 Å². The van der Waals surface area contributed by atoms with Gasteiger partial charge in [-0.1, -0.05) is 6.92 Å². The van der Waals surface area contributed by atoms with Crippen molar-refractivity contribution in [2.24, 2.45) is 5.92 Å². The van der Waals surface area contributed by atoms with Crippen LogP contribution in [0.4, 0.5) is 0 Å². The van der Waals surface area contributed by atoms with Gasteiger partial charge >= 0.3 is 0 Å². The number of fused-ring (bicyclic) bond motifs is 4. The highest BCUT2D eigenvalue weighted by molar-refractivity contribution is 7.19. The third kappa shape index (κ3) is 5.95. The zero-order valence-corrected chi connectivity index (χ0v) is 23.3. The first kappa shape index (κ1) is 27.0. The Morgan fingerprint density at radius 3 is 2.43 bits per heavy atom. The lowest BCUT2D eigenvalue weighted by molar-refractivity contribution is 0.0713. The summed E-state index contributed by atoms with van der Waals surface area (Å²) in [6.45, 7) is 5.87. The van der Waals surface area contributed by atoms with Gasteiger partial charge in [-0.3, -0.25) is 9.59 Å². The number of ether oxygens (including phenoxy) is 2. The van der Waals surface area contributed by atoms with E-state index in [1.165, 1.54) is 19.3 Å². The highest BCUT2D eigenvalue weighted by atomic mass is 32.1. The number of rotatable bonds is 7. The van der Waals surface area contributed by atoms with Crippen LogP contribution in [-0.4, -0.2) is 41.4 Å². The number of carbonyl (C=O) groups is 2. The summed E-state index contributed by atoms with van der Waals surface area (Å²) in [5.41, 5.74) is 3.18. The van der Waals surface area contributed by atoms with Gasteiger partial charge in [0.1, 0.15) is 5.75 Å².